The maximum Gasteiger partial charge on any atom is 0.333 e. The van der Waals surface area contributed by atoms with Gasteiger partial charge in [0.25, 0.3) is 0 Å². The molecule has 0 aliphatic carbocycles. The van der Waals surface area contributed by atoms with Gasteiger partial charge in [0.05, 0.1) is 11.1 Å². The van der Waals surface area contributed by atoms with Crippen LogP contribution in [0.5, 0.6) is 23.0 Å². The van der Waals surface area contributed by atoms with Crippen LogP contribution in [0, 0.1) is 20.8 Å². The van der Waals surface area contributed by atoms with Crippen LogP contribution in [-0.2, 0) is 19.1 Å². The van der Waals surface area contributed by atoms with E-state index in [9.17, 15) is 19.8 Å². The van der Waals surface area contributed by atoms with Crippen molar-refractivity contribution in [2.75, 3.05) is 13.2 Å². The average molecular weight is 752 g/mol. The first kappa shape index (κ1) is 42.0. The lowest BCUT2D eigenvalue weighted by molar-refractivity contribution is -0.142. The second-order valence-electron chi connectivity index (χ2n) is 14.0. The van der Waals surface area contributed by atoms with E-state index in [0.29, 0.717) is 52.4 Å². The van der Waals surface area contributed by atoms with Gasteiger partial charge >= 0.3 is 11.9 Å². The van der Waals surface area contributed by atoms with Crippen molar-refractivity contribution in [2.24, 2.45) is 0 Å². The maximum absolute atomic E-state index is 12.0. The molecule has 0 fully saturated rings. The molecule has 0 aliphatic rings. The number of esters is 2. The minimum atomic E-state index is -0.491. The van der Waals surface area contributed by atoms with Crippen molar-refractivity contribution in [1.29, 1.82) is 0 Å². The van der Waals surface area contributed by atoms with Crippen LogP contribution in [0.4, 0.5) is 0 Å². The molecule has 292 valence electrons. The lowest BCUT2D eigenvalue weighted by Crippen LogP contribution is -2.25. The van der Waals surface area contributed by atoms with Crippen LogP contribution in [0.25, 0.3) is 34.2 Å². The van der Waals surface area contributed by atoms with E-state index in [1.807, 2.05) is 32.9 Å². The number of rotatable bonds is 19. The number of hydrogen-bond acceptors (Lipinski definition) is 11. The molecule has 4 rings (SSSR count). The van der Waals surface area contributed by atoms with Crippen LogP contribution >= 0.6 is 0 Å². The first-order valence-electron chi connectivity index (χ1n) is 18.7. The summed E-state index contributed by atoms with van der Waals surface area (Å²) in [5.74, 6) is 0.243. The van der Waals surface area contributed by atoms with Gasteiger partial charge in [-0.05, 0) is 95.7 Å². The number of aromatic hydroxyl groups is 2. The molecule has 2 unspecified atom stereocenters. The van der Waals surface area contributed by atoms with Gasteiger partial charge in [0.15, 0.2) is 17.5 Å². The third-order valence-electron chi connectivity index (χ3n) is 8.82. The summed E-state index contributed by atoms with van der Waals surface area (Å²) in [4.78, 5) is 38.5. The Morgan fingerprint density at radius 2 is 1.05 bits per heavy atom. The summed E-state index contributed by atoms with van der Waals surface area (Å²) in [6.07, 6.45) is 4.01. The van der Waals surface area contributed by atoms with Crippen LogP contribution in [0.3, 0.4) is 0 Å². The molecule has 0 spiro atoms. The zero-order chi connectivity index (χ0) is 40.2. The number of phenolic OH excluding ortho intramolecular Hbond substituents is 2. The summed E-state index contributed by atoms with van der Waals surface area (Å²) in [7, 11) is 0. The topological polar surface area (TPSA) is 150 Å². The van der Waals surface area contributed by atoms with E-state index < -0.39 is 24.1 Å². The number of unbranched alkanes of at least 4 members (excludes halogenated alkanes) is 2. The smallest absolute Gasteiger partial charge is 0.333 e. The molecule has 2 atom stereocenters. The second kappa shape index (κ2) is 19.6. The minimum Gasteiger partial charge on any atom is -0.507 e. The maximum atomic E-state index is 12.0. The predicted octanol–water partition coefficient (Wildman–Crippen LogP) is 9.32. The van der Waals surface area contributed by atoms with Crippen molar-refractivity contribution < 1.29 is 38.7 Å². The number of benzene rings is 3. The molecule has 0 radical (unpaired) electrons. The van der Waals surface area contributed by atoms with Gasteiger partial charge in [0.1, 0.15) is 48.4 Å². The molecule has 0 amide bonds. The van der Waals surface area contributed by atoms with E-state index in [-0.39, 0.29) is 36.4 Å². The highest BCUT2D eigenvalue weighted by atomic mass is 16.6. The third-order valence-corrected chi connectivity index (χ3v) is 8.82. The highest BCUT2D eigenvalue weighted by molar-refractivity contribution is 5.87. The number of carbonyl (C=O) groups is 2. The molecule has 0 aliphatic heterocycles. The zero-order valence-corrected chi connectivity index (χ0v) is 33.0. The van der Waals surface area contributed by atoms with E-state index in [1.165, 1.54) is 12.1 Å². The van der Waals surface area contributed by atoms with Crippen molar-refractivity contribution in [1.82, 2.24) is 15.0 Å². The first-order chi connectivity index (χ1) is 26.2. The summed E-state index contributed by atoms with van der Waals surface area (Å²) >= 11 is 0. The van der Waals surface area contributed by atoms with Gasteiger partial charge in [-0.25, -0.2) is 24.5 Å². The van der Waals surface area contributed by atoms with E-state index in [1.54, 1.807) is 38.1 Å². The Balaban J connectivity index is 1.72. The molecule has 4 aromatic rings. The Morgan fingerprint density at radius 1 is 0.655 bits per heavy atom. The van der Waals surface area contributed by atoms with Gasteiger partial charge in [0.2, 0.25) is 0 Å². The number of phenols is 2. The largest absolute Gasteiger partial charge is 0.507 e. The van der Waals surface area contributed by atoms with Crippen molar-refractivity contribution in [3.05, 3.63) is 89.5 Å². The van der Waals surface area contributed by atoms with E-state index in [0.717, 1.165) is 47.9 Å². The molecular weight excluding hydrogens is 698 g/mol. The molecule has 0 bridgehead atoms. The van der Waals surface area contributed by atoms with Crippen LogP contribution < -0.4 is 9.47 Å². The number of aryl methyl sites for hydroxylation is 3. The molecule has 11 heteroatoms. The van der Waals surface area contributed by atoms with Gasteiger partial charge in [0, 0.05) is 28.8 Å². The SMILES string of the molecule is C=C(C)C(=O)OCC(CCCC)Oc1ccc(-c2nc(-c3ccc(OC(CCCC)COC(=O)C(=C)C)cc3O)nc(-c3c(C)cc(C)cc3C)n2)c(O)c1. The quantitative estimate of drug-likeness (QED) is 0.0697. The fourth-order valence-electron chi connectivity index (χ4n) is 5.99. The van der Waals surface area contributed by atoms with Gasteiger partial charge in [-0.1, -0.05) is 57.5 Å². The van der Waals surface area contributed by atoms with E-state index >= 15 is 0 Å². The number of aromatic nitrogens is 3. The van der Waals surface area contributed by atoms with Crippen molar-refractivity contribution in [2.45, 2.75) is 99.2 Å². The zero-order valence-electron chi connectivity index (χ0n) is 33.0. The second-order valence-corrected chi connectivity index (χ2v) is 14.0. The number of hydrogen-bond donors (Lipinski definition) is 2. The predicted molar refractivity (Wildman–Crippen MR) is 213 cm³/mol. The average Bonchev–Trinajstić information content (AvgIpc) is 3.12. The van der Waals surface area contributed by atoms with Gasteiger partial charge in [-0.15, -0.1) is 0 Å². The van der Waals surface area contributed by atoms with Crippen LogP contribution in [0.15, 0.2) is 72.8 Å². The Kier molecular flexibility index (Phi) is 15.0. The molecule has 11 nitrogen and oxygen atoms in total. The Morgan fingerprint density at radius 3 is 1.42 bits per heavy atom. The summed E-state index contributed by atoms with van der Waals surface area (Å²) < 4.78 is 23.1. The Labute approximate surface area is 324 Å². The summed E-state index contributed by atoms with van der Waals surface area (Å²) in [5.41, 5.74) is 5.05. The molecule has 1 heterocycles. The van der Waals surface area contributed by atoms with Gasteiger partial charge in [-0.3, -0.25) is 0 Å². The minimum absolute atomic E-state index is 0.0405. The van der Waals surface area contributed by atoms with Gasteiger partial charge in [-0.2, -0.15) is 0 Å². The monoisotopic (exact) mass is 751 g/mol. The van der Waals surface area contributed by atoms with Crippen molar-refractivity contribution in [3.8, 4) is 57.2 Å². The van der Waals surface area contributed by atoms with Crippen LogP contribution in [0.2, 0.25) is 0 Å². The summed E-state index contributed by atoms with van der Waals surface area (Å²) in [5, 5.41) is 22.7. The van der Waals surface area contributed by atoms with E-state index in [2.05, 4.69) is 27.0 Å². The molecule has 2 N–H and O–H groups in total. The normalized spacial score (nSPS) is 12.1. The molecule has 0 saturated carbocycles. The first-order valence-corrected chi connectivity index (χ1v) is 18.7. The van der Waals surface area contributed by atoms with Crippen LogP contribution in [-0.4, -0.2) is 62.5 Å². The molecule has 1 aromatic heterocycles. The van der Waals surface area contributed by atoms with E-state index in [4.69, 9.17) is 33.9 Å². The fraction of sp³-hybridized carbons (Fsp3) is 0.386. The molecular formula is C44H53N3O8. The highest BCUT2D eigenvalue weighted by Crippen LogP contribution is 2.37. The number of ether oxygens (including phenoxy) is 4. The molecule has 55 heavy (non-hydrogen) atoms. The lowest BCUT2D eigenvalue weighted by Gasteiger charge is -2.20. The highest BCUT2D eigenvalue weighted by Gasteiger charge is 2.22. The fourth-order valence-corrected chi connectivity index (χ4v) is 5.99. The molecule has 3 aromatic carbocycles. The van der Waals surface area contributed by atoms with Crippen LogP contribution in [0.1, 0.15) is 82.9 Å². The van der Waals surface area contributed by atoms with Gasteiger partial charge < -0.3 is 29.2 Å². The third kappa shape index (κ3) is 11.6. The standard InChI is InChI=1S/C44H53N3O8/c1-10-12-14-33(24-52-43(50)26(3)4)54-31-16-18-35(37(48)22-31)40-45-41(47-42(46-40)39-29(8)20-28(7)21-30(39)9)36-19-17-32(23-38(36)49)55-34(15-13-11-2)25-53-44(51)27(5)6/h16-23,33-34,48-49H,3,5,10-15,24-25H2,1-2,4,6-9H3. The summed E-state index contributed by atoms with van der Waals surface area (Å²) in [6.45, 7) is 20.6. The van der Waals surface area contributed by atoms with Crippen molar-refractivity contribution >= 4 is 11.9 Å². The number of carbonyl (C=O) groups excluding carboxylic acids is 2. The lowest BCUT2D eigenvalue weighted by atomic mass is 9.99. The molecule has 0 saturated heterocycles. The Bertz CT molecular complexity index is 1890. The summed E-state index contributed by atoms with van der Waals surface area (Å²) in [6, 6.07) is 13.8. The Hall–Kier alpha value is -5.71. The number of nitrogens with zero attached hydrogens (tertiary/aromatic N) is 3. The van der Waals surface area contributed by atoms with Crippen molar-refractivity contribution in [3.63, 3.8) is 0 Å².